The minimum atomic E-state index is -0.509. The van der Waals surface area contributed by atoms with Crippen LogP contribution in [0.4, 0.5) is 0 Å². The molecule has 0 radical (unpaired) electrons. The number of hydrogen-bond acceptors (Lipinski definition) is 4. The van der Waals surface area contributed by atoms with Crippen molar-refractivity contribution in [3.05, 3.63) is 11.2 Å². The third kappa shape index (κ3) is 1.29. The number of rotatable bonds is 0. The van der Waals surface area contributed by atoms with Crippen molar-refractivity contribution in [1.82, 2.24) is 0 Å². The second kappa shape index (κ2) is 1.98. The molecule has 0 aromatic carbocycles. The molecule has 1 aliphatic rings. The largest absolute Gasteiger partial charge is 0.502 e. The van der Waals surface area contributed by atoms with Crippen molar-refractivity contribution in [2.75, 3.05) is 0 Å². The standard InChI is InChI=1S/C3H4O2S2/c4-2-1-3(5)7-6-2/h1-2,4-5H. The normalized spacial score (nSPS) is 30.4. The van der Waals surface area contributed by atoms with E-state index in [2.05, 4.69) is 0 Å². The van der Waals surface area contributed by atoms with Crippen molar-refractivity contribution in [2.45, 2.75) is 5.44 Å². The van der Waals surface area contributed by atoms with E-state index in [-0.39, 0.29) is 5.09 Å². The molecule has 4 heteroatoms. The zero-order chi connectivity index (χ0) is 5.28. The molecule has 7 heavy (non-hydrogen) atoms. The average molecular weight is 136 g/mol. The van der Waals surface area contributed by atoms with Gasteiger partial charge in [0.25, 0.3) is 0 Å². The van der Waals surface area contributed by atoms with Crippen LogP contribution in [0.15, 0.2) is 11.2 Å². The van der Waals surface area contributed by atoms with E-state index < -0.39 is 5.44 Å². The maximum absolute atomic E-state index is 8.61. The van der Waals surface area contributed by atoms with Crippen molar-refractivity contribution in [1.29, 1.82) is 0 Å². The van der Waals surface area contributed by atoms with Crippen molar-refractivity contribution in [3.8, 4) is 0 Å². The Bertz CT molecular complexity index is 101. The summed E-state index contributed by atoms with van der Waals surface area (Å²) < 4.78 is 0. The Hall–Kier alpha value is 0.200. The second-order valence-electron chi connectivity index (χ2n) is 1.08. The molecular weight excluding hydrogens is 132 g/mol. The third-order valence-corrected chi connectivity index (χ3v) is 2.65. The van der Waals surface area contributed by atoms with Crippen LogP contribution in [0.2, 0.25) is 0 Å². The Morgan fingerprint density at radius 2 is 2.43 bits per heavy atom. The lowest BCUT2D eigenvalue weighted by Crippen LogP contribution is -1.86. The van der Waals surface area contributed by atoms with Gasteiger partial charge < -0.3 is 10.2 Å². The Morgan fingerprint density at radius 3 is 2.57 bits per heavy atom. The Labute approximate surface area is 49.0 Å². The molecule has 0 bridgehead atoms. The van der Waals surface area contributed by atoms with Crippen LogP contribution in [0.25, 0.3) is 0 Å². The van der Waals surface area contributed by atoms with Crippen molar-refractivity contribution in [2.24, 2.45) is 0 Å². The molecule has 1 unspecified atom stereocenters. The lowest BCUT2D eigenvalue weighted by Gasteiger charge is -1.87. The van der Waals surface area contributed by atoms with Gasteiger partial charge in [0.05, 0.1) is 0 Å². The molecule has 2 N–H and O–H groups in total. The van der Waals surface area contributed by atoms with Crippen LogP contribution in [-0.2, 0) is 0 Å². The van der Waals surface area contributed by atoms with Crippen LogP contribution in [0.3, 0.4) is 0 Å². The molecule has 0 amide bonds. The molecular formula is C3H4O2S2. The van der Waals surface area contributed by atoms with Crippen LogP contribution >= 0.6 is 21.6 Å². The molecule has 1 rings (SSSR count). The number of aliphatic hydroxyl groups is 2. The summed E-state index contributed by atoms with van der Waals surface area (Å²) in [6.45, 7) is 0. The molecule has 0 saturated heterocycles. The van der Waals surface area contributed by atoms with Gasteiger partial charge in [-0.25, -0.2) is 0 Å². The fourth-order valence-corrected chi connectivity index (χ4v) is 1.85. The van der Waals surface area contributed by atoms with Gasteiger partial charge in [-0.1, -0.05) is 0 Å². The summed E-state index contributed by atoms with van der Waals surface area (Å²) in [5, 5.41) is 17.4. The Balaban J connectivity index is 2.50. The fraction of sp³-hybridized carbons (Fsp3) is 0.333. The smallest absolute Gasteiger partial charge is 0.160 e. The average Bonchev–Trinajstić information content (AvgIpc) is 1.87. The number of aliphatic hydroxyl groups excluding tert-OH is 2. The zero-order valence-electron chi connectivity index (χ0n) is 3.37. The maximum Gasteiger partial charge on any atom is 0.160 e. The quantitative estimate of drug-likeness (QED) is 0.489. The van der Waals surface area contributed by atoms with Crippen LogP contribution < -0.4 is 0 Å². The van der Waals surface area contributed by atoms with E-state index in [1.807, 2.05) is 0 Å². The summed E-state index contributed by atoms with van der Waals surface area (Å²) in [6.07, 6.45) is 1.40. The monoisotopic (exact) mass is 136 g/mol. The molecule has 0 saturated carbocycles. The summed E-state index contributed by atoms with van der Waals surface area (Å²) in [5.74, 6) is 0. The highest BCUT2D eigenvalue weighted by molar-refractivity contribution is 8.78. The molecule has 1 aliphatic heterocycles. The fourth-order valence-electron chi connectivity index (χ4n) is 0.276. The molecule has 0 spiro atoms. The van der Waals surface area contributed by atoms with Crippen LogP contribution in [0, 0.1) is 0 Å². The molecule has 40 valence electrons. The van der Waals surface area contributed by atoms with E-state index in [0.717, 1.165) is 0 Å². The Morgan fingerprint density at radius 1 is 1.71 bits per heavy atom. The van der Waals surface area contributed by atoms with Gasteiger partial charge in [-0.2, -0.15) is 0 Å². The van der Waals surface area contributed by atoms with Crippen LogP contribution in [-0.4, -0.2) is 15.6 Å². The highest BCUT2D eigenvalue weighted by Crippen LogP contribution is 2.38. The van der Waals surface area contributed by atoms with Crippen molar-refractivity contribution >= 4 is 21.6 Å². The molecule has 0 aliphatic carbocycles. The maximum atomic E-state index is 8.61. The SMILES string of the molecule is OC1=CC(O)SS1. The van der Waals surface area contributed by atoms with Crippen molar-refractivity contribution < 1.29 is 10.2 Å². The predicted octanol–water partition coefficient (Wildman–Crippen LogP) is 1.10. The Kier molecular flexibility index (Phi) is 1.51. The van der Waals surface area contributed by atoms with E-state index in [1.54, 1.807) is 0 Å². The van der Waals surface area contributed by atoms with Crippen LogP contribution in [0.5, 0.6) is 0 Å². The first-order chi connectivity index (χ1) is 3.29. The topological polar surface area (TPSA) is 40.5 Å². The number of hydrogen-bond donors (Lipinski definition) is 2. The van der Waals surface area contributed by atoms with Gasteiger partial charge in [0.2, 0.25) is 0 Å². The summed E-state index contributed by atoms with van der Waals surface area (Å²) in [4.78, 5) is 0. The molecule has 0 fully saturated rings. The molecule has 1 atom stereocenters. The van der Waals surface area contributed by atoms with E-state index in [0.29, 0.717) is 0 Å². The van der Waals surface area contributed by atoms with Gasteiger partial charge in [-0.3, -0.25) is 0 Å². The first-order valence-electron chi connectivity index (χ1n) is 1.71. The molecule has 2 nitrogen and oxygen atoms in total. The highest BCUT2D eigenvalue weighted by atomic mass is 33.1. The lowest BCUT2D eigenvalue weighted by atomic mass is 10.7. The second-order valence-corrected chi connectivity index (χ2v) is 3.41. The first kappa shape index (κ1) is 5.34. The minimum Gasteiger partial charge on any atom is -0.502 e. The third-order valence-electron chi connectivity index (χ3n) is 0.517. The van der Waals surface area contributed by atoms with Gasteiger partial charge in [0, 0.05) is 6.08 Å². The first-order valence-corrected chi connectivity index (χ1v) is 3.92. The van der Waals surface area contributed by atoms with E-state index >= 15 is 0 Å². The zero-order valence-corrected chi connectivity index (χ0v) is 5.00. The highest BCUT2D eigenvalue weighted by Gasteiger charge is 2.12. The van der Waals surface area contributed by atoms with Gasteiger partial charge in [-0.05, 0) is 21.6 Å². The van der Waals surface area contributed by atoms with Crippen molar-refractivity contribution in [3.63, 3.8) is 0 Å². The molecule has 1 heterocycles. The van der Waals surface area contributed by atoms with Gasteiger partial charge >= 0.3 is 0 Å². The van der Waals surface area contributed by atoms with E-state index in [1.165, 1.54) is 27.7 Å². The minimum absolute atomic E-state index is 0.206. The molecule has 0 aromatic heterocycles. The van der Waals surface area contributed by atoms with Gasteiger partial charge in [0.1, 0.15) is 5.44 Å². The lowest BCUT2D eigenvalue weighted by molar-refractivity contribution is 0.307. The summed E-state index contributed by atoms with van der Waals surface area (Å²) in [5.41, 5.74) is -0.509. The van der Waals surface area contributed by atoms with E-state index in [9.17, 15) is 0 Å². The van der Waals surface area contributed by atoms with E-state index in [4.69, 9.17) is 10.2 Å². The van der Waals surface area contributed by atoms with Gasteiger partial charge in [0.15, 0.2) is 5.09 Å². The summed E-state index contributed by atoms with van der Waals surface area (Å²) >= 11 is 0. The summed E-state index contributed by atoms with van der Waals surface area (Å²) in [6, 6.07) is 0. The van der Waals surface area contributed by atoms with Crippen LogP contribution in [0.1, 0.15) is 0 Å². The predicted molar refractivity (Wildman–Crippen MR) is 31.9 cm³/mol. The summed E-state index contributed by atoms with van der Waals surface area (Å²) in [7, 11) is 2.42. The molecule has 0 aromatic rings. The van der Waals surface area contributed by atoms with Gasteiger partial charge in [-0.15, -0.1) is 0 Å².